The van der Waals surface area contributed by atoms with Gasteiger partial charge < -0.3 is 66.5 Å². The summed E-state index contributed by atoms with van der Waals surface area (Å²) in [5.74, 6) is -6.16. The van der Waals surface area contributed by atoms with E-state index in [2.05, 4.69) is 0 Å². The number of nitrogens with zero attached hydrogens (tertiary/aromatic N) is 1. The molecule has 7 rings (SSSR count). The number of amides is 1. The summed E-state index contributed by atoms with van der Waals surface area (Å²) in [6.07, 6.45) is -15.7. The molecule has 4 aliphatic heterocycles. The molecule has 90 heavy (non-hydrogen) atoms. The number of carbonyl (C=O) groups excluding carboxylic acids is 4. The molecule has 0 spiro atoms. The van der Waals surface area contributed by atoms with Gasteiger partial charge in [0.1, 0.15) is 31.0 Å². The minimum atomic E-state index is -5.08. The normalized spacial score (nSPS) is 32.3. The molecule has 28 heteroatoms. The summed E-state index contributed by atoms with van der Waals surface area (Å²) in [6, 6.07) is 28.3. The van der Waals surface area contributed by atoms with E-state index in [1.165, 1.54) is 6.92 Å². The molecule has 4 heterocycles. The monoisotopic (exact) mass is 1310 g/mol. The number of benzene rings is 3. The maximum absolute atomic E-state index is 13.9. The third-order valence-electron chi connectivity index (χ3n) is 17.0. The predicted molar refractivity (Wildman–Crippen MR) is 316 cm³/mol. The van der Waals surface area contributed by atoms with Crippen LogP contribution in [0.4, 0.5) is 4.79 Å². The van der Waals surface area contributed by atoms with Crippen molar-refractivity contribution in [3.8, 4) is 0 Å². The molecule has 0 radical (unpaired) electrons. The molecule has 20 atom stereocenters. The van der Waals surface area contributed by atoms with E-state index in [1.54, 1.807) is 39.5 Å². The number of rotatable bonds is 29. The zero-order valence-corrected chi connectivity index (χ0v) is 54.0. The highest BCUT2D eigenvalue weighted by Crippen LogP contribution is 2.43. The van der Waals surface area contributed by atoms with E-state index in [9.17, 15) is 45.1 Å². The van der Waals surface area contributed by atoms with Gasteiger partial charge in [0.15, 0.2) is 43.5 Å². The fraction of sp³-hybridized carbons (Fsp3) is 0.645. The van der Waals surface area contributed by atoms with Gasteiger partial charge in [-0.25, -0.2) is 18.0 Å². The molecule has 4 fully saturated rings. The Morgan fingerprint density at radius 3 is 1.52 bits per heavy atom. The largest absolute Gasteiger partial charge is 0.467 e. The lowest BCUT2D eigenvalue weighted by atomic mass is 9.83. The number of esters is 3. The second kappa shape index (κ2) is 33.5. The molecule has 0 aromatic heterocycles. The van der Waals surface area contributed by atoms with Crippen LogP contribution < -0.4 is 0 Å². The van der Waals surface area contributed by atoms with Crippen LogP contribution in [0.15, 0.2) is 91.0 Å². The van der Waals surface area contributed by atoms with Crippen molar-refractivity contribution in [1.29, 1.82) is 0 Å². The van der Waals surface area contributed by atoms with E-state index in [0.29, 0.717) is 32.4 Å². The highest BCUT2D eigenvalue weighted by atomic mass is 32.3. The molecule has 0 aliphatic carbocycles. The smallest absolute Gasteiger partial charge is 0.410 e. The highest BCUT2D eigenvalue weighted by Gasteiger charge is 2.56. The van der Waals surface area contributed by atoms with Gasteiger partial charge in [-0.1, -0.05) is 133 Å². The standard InChI is InChI=1S/C62H87NO25S2/c1-36-38(3)58(75-30-22-14-21-29-63(31-45-23-15-11-16-24-45)62(67)77-33-47-27-19-13-20-28-47)83-48(34-78-89(68,69)70)50(36)85-60-54(81-43(8)64)41(6)53(55(88-60)57(66)74-10)87-59-39(4)37(2)51(49(84-59)35-79-90(71,72)73)86-61-56(82-44(9)65)52(40(5)42(7)80-61)76-32-46-25-17-12-18-26-46/h11-13,15-20,23-28,36-42,48-56,58-61H,14,21-22,29-35H2,1-10H3,(H,68,69,70)(H,71,72,73)/t36-,37-,38?,39?,40-,41+,42?,48?,49?,50+,51+,52-,53+,54?,55?,56?,58+,59-,60-,61+/m1/s1. The first-order valence-electron chi connectivity index (χ1n) is 30.2. The lowest BCUT2D eigenvalue weighted by molar-refractivity contribution is -0.367. The van der Waals surface area contributed by atoms with E-state index in [0.717, 1.165) is 30.7 Å². The number of hydrogen-bond donors (Lipinski definition) is 2. The summed E-state index contributed by atoms with van der Waals surface area (Å²) in [5, 5.41) is 0. The maximum Gasteiger partial charge on any atom is 0.410 e. The quantitative estimate of drug-likeness (QED) is 0.0301. The molecule has 3 aromatic rings. The first-order valence-corrected chi connectivity index (χ1v) is 33.0. The van der Waals surface area contributed by atoms with Gasteiger partial charge in [0.25, 0.3) is 0 Å². The number of hydrogen-bond acceptors (Lipinski definition) is 23. The molecule has 2 N–H and O–H groups in total. The van der Waals surface area contributed by atoms with Crippen molar-refractivity contribution in [2.24, 2.45) is 35.5 Å². The van der Waals surface area contributed by atoms with Crippen molar-refractivity contribution >= 4 is 44.8 Å². The van der Waals surface area contributed by atoms with E-state index in [4.69, 9.17) is 69.9 Å². The molecule has 4 aliphatic rings. The van der Waals surface area contributed by atoms with Crippen LogP contribution in [0.5, 0.6) is 0 Å². The van der Waals surface area contributed by atoms with Crippen LogP contribution in [0.3, 0.4) is 0 Å². The van der Waals surface area contributed by atoms with Gasteiger partial charge in [0, 0.05) is 57.2 Å². The second-order valence-corrected chi connectivity index (χ2v) is 25.6. The topological polar surface area (TPSA) is 319 Å². The minimum absolute atomic E-state index is 0.120. The van der Waals surface area contributed by atoms with Crippen LogP contribution in [0, 0.1) is 35.5 Å². The van der Waals surface area contributed by atoms with Gasteiger partial charge >= 0.3 is 44.8 Å². The molecule has 8 unspecified atom stereocenters. The minimum Gasteiger partial charge on any atom is -0.467 e. The fourth-order valence-corrected chi connectivity index (χ4v) is 12.1. The average Bonchev–Trinajstić information content (AvgIpc) is 0.898. The van der Waals surface area contributed by atoms with Crippen LogP contribution in [0.25, 0.3) is 0 Å². The Labute approximate surface area is 526 Å². The Morgan fingerprint density at radius 2 is 0.989 bits per heavy atom. The zero-order chi connectivity index (χ0) is 65.5. The van der Waals surface area contributed by atoms with E-state index < -0.39 is 174 Å². The third-order valence-corrected chi connectivity index (χ3v) is 17.8. The van der Waals surface area contributed by atoms with Crippen LogP contribution in [-0.2, 0) is 125 Å². The lowest BCUT2D eigenvalue weighted by Crippen LogP contribution is -2.63. The summed E-state index contributed by atoms with van der Waals surface area (Å²) >= 11 is 0. The lowest BCUT2D eigenvalue weighted by Gasteiger charge is -2.51. The molecule has 502 valence electrons. The molecule has 26 nitrogen and oxygen atoms in total. The summed E-state index contributed by atoms with van der Waals surface area (Å²) in [5.41, 5.74) is 2.65. The van der Waals surface area contributed by atoms with Crippen molar-refractivity contribution in [2.75, 3.05) is 33.5 Å². The molecule has 0 bridgehead atoms. The highest BCUT2D eigenvalue weighted by molar-refractivity contribution is 7.81. The Balaban J connectivity index is 1.04. The summed E-state index contributed by atoms with van der Waals surface area (Å²) < 4.78 is 159. The van der Waals surface area contributed by atoms with Crippen molar-refractivity contribution in [3.05, 3.63) is 108 Å². The fourth-order valence-electron chi connectivity index (χ4n) is 11.5. The molecule has 4 saturated heterocycles. The van der Waals surface area contributed by atoms with Crippen molar-refractivity contribution in [1.82, 2.24) is 4.90 Å². The van der Waals surface area contributed by atoms with Crippen LogP contribution in [0.2, 0.25) is 0 Å². The van der Waals surface area contributed by atoms with Gasteiger partial charge in [-0.2, -0.15) is 16.8 Å². The second-order valence-electron chi connectivity index (χ2n) is 23.4. The van der Waals surface area contributed by atoms with E-state index >= 15 is 0 Å². The Hall–Kier alpha value is -5.28. The Bertz CT molecular complexity index is 2970. The van der Waals surface area contributed by atoms with Crippen LogP contribution in [-0.4, -0.2) is 175 Å². The average molecular weight is 1310 g/mol. The van der Waals surface area contributed by atoms with Crippen LogP contribution in [0.1, 0.15) is 98.3 Å². The van der Waals surface area contributed by atoms with Crippen LogP contribution >= 0.6 is 0 Å². The zero-order valence-electron chi connectivity index (χ0n) is 52.3. The molecule has 1 amide bonds. The number of ether oxygens (including phenoxy) is 13. The van der Waals surface area contributed by atoms with Gasteiger partial charge in [-0.05, 0) is 54.7 Å². The molecular formula is C62H87NO25S2. The SMILES string of the molecule is COC(=O)C1O[C@@H](O[C@@H]2C(COS(=O)(=O)O)O[C@H](OCCCCCN(Cc3ccccc3)C(=O)OCc3ccccc3)C(C)[C@H]2C)C(OC(C)=O)[C@@H](C)[C@@H]1O[C@H]1OC(COS(=O)(=O)O)[C@@H](O[C@@H]2OC(C)[C@@H](C)[C@@H](OCc3ccccc3)C2OC(C)=O)[C@H](C)C1C. The van der Waals surface area contributed by atoms with Crippen molar-refractivity contribution in [3.63, 3.8) is 0 Å². The van der Waals surface area contributed by atoms with E-state index in [1.807, 2.05) is 105 Å². The van der Waals surface area contributed by atoms with Gasteiger partial charge in [0.2, 0.25) is 0 Å². The summed E-state index contributed by atoms with van der Waals surface area (Å²) in [7, 11) is -9.01. The first kappa shape index (κ1) is 72.2. The third kappa shape index (κ3) is 20.6. The van der Waals surface area contributed by atoms with E-state index in [-0.39, 0.29) is 25.7 Å². The van der Waals surface area contributed by atoms with Gasteiger partial charge in [-0.3, -0.25) is 18.7 Å². The number of unbranched alkanes of at least 4 members (excludes halogenated alkanes) is 2. The summed E-state index contributed by atoms with van der Waals surface area (Å²) in [4.78, 5) is 54.6. The van der Waals surface area contributed by atoms with Crippen molar-refractivity contribution in [2.45, 2.75) is 188 Å². The molecule has 3 aromatic carbocycles. The van der Waals surface area contributed by atoms with Gasteiger partial charge in [-0.15, -0.1) is 0 Å². The Kier molecular flexibility index (Phi) is 26.9. The maximum atomic E-state index is 13.9. The predicted octanol–water partition coefficient (Wildman–Crippen LogP) is 7.16. The molecular weight excluding hydrogens is 1220 g/mol. The summed E-state index contributed by atoms with van der Waals surface area (Å²) in [6.45, 7) is 14.3. The van der Waals surface area contributed by atoms with Gasteiger partial charge in [0.05, 0.1) is 45.2 Å². The number of methoxy groups -OCH3 is 1. The first-order chi connectivity index (χ1) is 42.7. The Morgan fingerprint density at radius 1 is 0.500 bits per heavy atom. The van der Waals surface area contributed by atoms with Crippen molar-refractivity contribution < 1.29 is 115 Å². The molecule has 0 saturated carbocycles. The number of carbonyl (C=O) groups is 4.